The third-order valence-corrected chi connectivity index (χ3v) is 4.33. The van der Waals surface area contributed by atoms with Crippen molar-refractivity contribution in [1.29, 1.82) is 0 Å². The Balaban J connectivity index is 1.59. The molecule has 5 nitrogen and oxygen atoms in total. The van der Waals surface area contributed by atoms with Crippen LogP contribution in [0.2, 0.25) is 0 Å². The Morgan fingerprint density at radius 2 is 2.09 bits per heavy atom. The van der Waals surface area contributed by atoms with E-state index in [0.29, 0.717) is 12.6 Å². The van der Waals surface area contributed by atoms with Gasteiger partial charge >= 0.3 is 0 Å². The maximum atomic E-state index is 5.53. The summed E-state index contributed by atoms with van der Waals surface area (Å²) in [4.78, 5) is 13.2. The molecular weight excluding hydrogens is 288 g/mol. The average molecular weight is 312 g/mol. The van der Waals surface area contributed by atoms with Gasteiger partial charge in [-0.2, -0.15) is 0 Å². The summed E-state index contributed by atoms with van der Waals surface area (Å²) in [6, 6.07) is 6.80. The number of hydrogen-bond acceptors (Lipinski definition) is 5. The molecule has 1 aliphatic rings. The van der Waals surface area contributed by atoms with E-state index in [1.54, 1.807) is 6.20 Å². The van der Waals surface area contributed by atoms with E-state index in [1.807, 2.05) is 25.5 Å². The topological polar surface area (TPSA) is 41.5 Å². The van der Waals surface area contributed by atoms with Crippen LogP contribution in [0.15, 0.2) is 43.0 Å². The zero-order valence-corrected chi connectivity index (χ0v) is 13.9. The lowest BCUT2D eigenvalue weighted by atomic mass is 10.2. The van der Waals surface area contributed by atoms with Gasteiger partial charge in [0.2, 0.25) is 0 Å². The molecule has 0 amide bonds. The molecule has 0 aliphatic carbocycles. The molecule has 1 saturated heterocycles. The van der Waals surface area contributed by atoms with E-state index < -0.39 is 0 Å². The third-order valence-electron chi connectivity index (χ3n) is 4.33. The van der Waals surface area contributed by atoms with Crippen LogP contribution >= 0.6 is 0 Å². The van der Waals surface area contributed by atoms with E-state index in [2.05, 4.69) is 45.0 Å². The van der Waals surface area contributed by atoms with Crippen LogP contribution in [-0.2, 0) is 6.54 Å². The number of anilines is 1. The molecule has 5 heteroatoms. The quantitative estimate of drug-likeness (QED) is 0.820. The zero-order valence-electron chi connectivity index (χ0n) is 13.9. The minimum atomic E-state index is 0.555. The molecule has 0 N–H and O–H groups in total. The maximum Gasteiger partial charge on any atom is 0.137 e. The fourth-order valence-electron chi connectivity index (χ4n) is 3.10. The van der Waals surface area contributed by atoms with E-state index in [4.69, 9.17) is 4.74 Å². The highest BCUT2D eigenvalue weighted by molar-refractivity contribution is 5.45. The monoisotopic (exact) mass is 312 g/mol. The van der Waals surface area contributed by atoms with Crippen molar-refractivity contribution in [3.63, 3.8) is 0 Å². The lowest BCUT2D eigenvalue weighted by molar-refractivity contribution is 0.249. The Labute approximate surface area is 137 Å². The van der Waals surface area contributed by atoms with Gasteiger partial charge in [-0.1, -0.05) is 0 Å². The summed E-state index contributed by atoms with van der Waals surface area (Å²) in [7, 11) is 2.19. The highest BCUT2D eigenvalue weighted by atomic mass is 16.5. The van der Waals surface area contributed by atoms with Crippen LogP contribution in [0.3, 0.4) is 0 Å². The summed E-state index contributed by atoms with van der Waals surface area (Å²) in [5, 5.41) is 0. The molecule has 0 aromatic carbocycles. The standard InChI is InChI=1S/C18H24N4O/c1-3-23-18-10-15(11-20-12-18)13-21(2)17-6-9-22(14-17)16-4-7-19-8-5-16/h4-5,7-8,10-12,17H,3,6,9,13-14H2,1-2H3. The van der Waals surface area contributed by atoms with Crippen molar-refractivity contribution >= 4 is 5.69 Å². The average Bonchev–Trinajstić information content (AvgIpc) is 3.06. The van der Waals surface area contributed by atoms with Crippen molar-refractivity contribution in [3.05, 3.63) is 48.5 Å². The molecule has 2 aromatic heterocycles. The summed E-state index contributed by atoms with van der Waals surface area (Å²) in [5.41, 5.74) is 2.46. The molecule has 1 unspecified atom stereocenters. The van der Waals surface area contributed by atoms with Gasteiger partial charge in [0.25, 0.3) is 0 Å². The predicted octanol–water partition coefficient (Wildman–Crippen LogP) is 2.59. The largest absolute Gasteiger partial charge is 0.492 e. The molecular formula is C18H24N4O. The van der Waals surface area contributed by atoms with Crippen LogP contribution in [0, 0.1) is 0 Å². The highest BCUT2D eigenvalue weighted by Gasteiger charge is 2.25. The number of ether oxygens (including phenoxy) is 1. The Morgan fingerprint density at radius 3 is 2.87 bits per heavy atom. The van der Waals surface area contributed by atoms with E-state index in [1.165, 1.54) is 17.7 Å². The maximum absolute atomic E-state index is 5.53. The molecule has 23 heavy (non-hydrogen) atoms. The van der Waals surface area contributed by atoms with E-state index in [9.17, 15) is 0 Å². The van der Waals surface area contributed by atoms with Gasteiger partial charge in [-0.15, -0.1) is 0 Å². The van der Waals surface area contributed by atoms with E-state index >= 15 is 0 Å². The molecule has 1 atom stereocenters. The Morgan fingerprint density at radius 1 is 1.26 bits per heavy atom. The summed E-state index contributed by atoms with van der Waals surface area (Å²) in [6.45, 7) is 5.70. The summed E-state index contributed by atoms with van der Waals surface area (Å²) >= 11 is 0. The molecule has 0 radical (unpaired) electrons. The Hall–Kier alpha value is -2.14. The fourth-order valence-corrected chi connectivity index (χ4v) is 3.10. The molecule has 2 aromatic rings. The van der Waals surface area contributed by atoms with Crippen LogP contribution in [0.25, 0.3) is 0 Å². The van der Waals surface area contributed by atoms with Gasteiger partial charge < -0.3 is 9.64 Å². The SMILES string of the molecule is CCOc1cncc(CN(C)C2CCN(c3ccncc3)C2)c1. The van der Waals surface area contributed by atoms with Gasteiger partial charge in [-0.05, 0) is 44.2 Å². The van der Waals surface area contributed by atoms with Crippen molar-refractivity contribution in [1.82, 2.24) is 14.9 Å². The van der Waals surface area contributed by atoms with Gasteiger partial charge in [0.1, 0.15) is 5.75 Å². The third kappa shape index (κ3) is 3.99. The first kappa shape index (κ1) is 15.7. The summed E-state index contributed by atoms with van der Waals surface area (Å²) < 4.78 is 5.53. The van der Waals surface area contributed by atoms with Crippen molar-refractivity contribution in [2.45, 2.75) is 25.9 Å². The lowest BCUT2D eigenvalue weighted by Gasteiger charge is -2.25. The fraction of sp³-hybridized carbons (Fsp3) is 0.444. The van der Waals surface area contributed by atoms with Crippen molar-refractivity contribution in [2.24, 2.45) is 0 Å². The molecule has 1 aliphatic heterocycles. The molecule has 3 rings (SSSR count). The Kier molecular flexibility index (Phi) is 5.08. The summed E-state index contributed by atoms with van der Waals surface area (Å²) in [6.07, 6.45) is 8.59. The number of aromatic nitrogens is 2. The second-order valence-corrected chi connectivity index (χ2v) is 5.97. The minimum Gasteiger partial charge on any atom is -0.492 e. The number of pyridine rings is 2. The minimum absolute atomic E-state index is 0.555. The van der Waals surface area contributed by atoms with E-state index in [-0.39, 0.29) is 0 Å². The number of nitrogens with zero attached hydrogens (tertiary/aromatic N) is 4. The first-order chi connectivity index (χ1) is 11.3. The molecule has 0 bridgehead atoms. The molecule has 0 saturated carbocycles. The first-order valence-electron chi connectivity index (χ1n) is 8.18. The van der Waals surface area contributed by atoms with Crippen molar-refractivity contribution in [2.75, 3.05) is 31.6 Å². The van der Waals surface area contributed by atoms with Crippen LogP contribution in [0.1, 0.15) is 18.9 Å². The van der Waals surface area contributed by atoms with Gasteiger partial charge in [0.15, 0.2) is 0 Å². The molecule has 0 spiro atoms. The zero-order chi connectivity index (χ0) is 16.1. The van der Waals surface area contributed by atoms with Crippen LogP contribution in [0.4, 0.5) is 5.69 Å². The molecule has 122 valence electrons. The van der Waals surface area contributed by atoms with Crippen molar-refractivity contribution in [3.8, 4) is 5.75 Å². The second kappa shape index (κ2) is 7.42. The molecule has 3 heterocycles. The number of hydrogen-bond donors (Lipinski definition) is 0. The van der Waals surface area contributed by atoms with Gasteiger partial charge in [0, 0.05) is 50.0 Å². The molecule has 1 fully saturated rings. The van der Waals surface area contributed by atoms with Crippen LogP contribution in [0.5, 0.6) is 5.75 Å². The predicted molar refractivity (Wildman–Crippen MR) is 91.7 cm³/mol. The van der Waals surface area contributed by atoms with Gasteiger partial charge in [-0.3, -0.25) is 14.9 Å². The van der Waals surface area contributed by atoms with Crippen LogP contribution in [-0.4, -0.2) is 47.7 Å². The second-order valence-electron chi connectivity index (χ2n) is 5.97. The smallest absolute Gasteiger partial charge is 0.137 e. The van der Waals surface area contributed by atoms with Crippen LogP contribution < -0.4 is 9.64 Å². The van der Waals surface area contributed by atoms with Crippen molar-refractivity contribution < 1.29 is 4.74 Å². The number of rotatable bonds is 6. The number of likely N-dealkylation sites (N-methyl/N-ethyl adjacent to an activating group) is 1. The van der Waals surface area contributed by atoms with E-state index in [0.717, 1.165) is 25.4 Å². The Bertz CT molecular complexity index is 619. The van der Waals surface area contributed by atoms with Gasteiger partial charge in [0.05, 0.1) is 12.8 Å². The first-order valence-corrected chi connectivity index (χ1v) is 8.18. The summed E-state index contributed by atoms with van der Waals surface area (Å²) in [5.74, 6) is 0.850. The highest BCUT2D eigenvalue weighted by Crippen LogP contribution is 2.23. The normalized spacial score (nSPS) is 17.7. The lowest BCUT2D eigenvalue weighted by Crippen LogP contribution is -2.34. The van der Waals surface area contributed by atoms with Gasteiger partial charge in [-0.25, -0.2) is 0 Å².